The van der Waals surface area contributed by atoms with Crippen molar-refractivity contribution in [1.82, 2.24) is 0 Å². The zero-order valence-corrected chi connectivity index (χ0v) is 6.46. The monoisotopic (exact) mass is 167 g/mol. The maximum atomic E-state index is 11.5. The predicted molar refractivity (Wildman–Crippen MR) is 34.9 cm³/mol. The number of Topliss-reactive ketones (excluding diaryl/α,β-unsaturated/α-hetero) is 1. The van der Waals surface area contributed by atoms with Crippen LogP contribution in [0.5, 0.6) is 0 Å². The molecular weight excluding hydrogens is 157 g/mol. The number of alkyl halides is 3. The number of carbonyl (C=O) groups is 1. The topological polar surface area (TPSA) is 17.1 Å². The van der Waals surface area contributed by atoms with Gasteiger partial charge in [-0.2, -0.15) is 13.2 Å². The minimum Gasteiger partial charge on any atom is -0.299 e. The Morgan fingerprint density at radius 3 is 2.00 bits per heavy atom. The van der Waals surface area contributed by atoms with E-state index in [4.69, 9.17) is 0 Å². The molecule has 0 amide bonds. The molecule has 65 valence electrons. The minimum atomic E-state index is -4.22. The van der Waals surface area contributed by atoms with E-state index in [1.807, 2.05) is 0 Å². The second-order valence-electron chi connectivity index (χ2n) is 2.54. The van der Waals surface area contributed by atoms with E-state index in [0.717, 1.165) is 0 Å². The Balaban J connectivity index is 3.64. The highest BCUT2D eigenvalue weighted by Crippen LogP contribution is 2.22. The van der Waals surface area contributed by atoms with Crippen LogP contribution in [0, 0.1) is 5.92 Å². The largest absolute Gasteiger partial charge is 0.389 e. The summed E-state index contributed by atoms with van der Waals surface area (Å²) in [6, 6.07) is 0. The zero-order valence-electron chi connectivity index (χ0n) is 6.46. The maximum absolute atomic E-state index is 11.5. The Kier molecular flexibility index (Phi) is 3.55. The summed E-state index contributed by atoms with van der Waals surface area (Å²) in [5, 5.41) is 0. The van der Waals surface area contributed by atoms with Gasteiger partial charge in [-0.05, 0) is 0 Å². The average Bonchev–Trinajstić information content (AvgIpc) is 1.80. The molecule has 0 aromatic heterocycles. The van der Waals surface area contributed by atoms with Crippen LogP contribution in [0.1, 0.15) is 26.7 Å². The van der Waals surface area contributed by atoms with Gasteiger partial charge in [-0.1, -0.05) is 13.8 Å². The first-order valence-corrected chi connectivity index (χ1v) is 3.23. The van der Waals surface area contributed by atoms with Crippen LogP contribution in [0.25, 0.3) is 0 Å². The van der Waals surface area contributed by atoms with Gasteiger partial charge in [0.1, 0.15) is 5.78 Å². The molecular formula is C7H10F3O. The van der Waals surface area contributed by atoms with Crippen LogP contribution in [-0.4, -0.2) is 12.0 Å². The van der Waals surface area contributed by atoms with Crippen LogP contribution in [0.3, 0.4) is 0 Å². The van der Waals surface area contributed by atoms with Gasteiger partial charge in [0.05, 0.1) is 6.42 Å². The van der Waals surface area contributed by atoms with E-state index >= 15 is 0 Å². The Morgan fingerprint density at radius 1 is 1.27 bits per heavy atom. The highest BCUT2D eigenvalue weighted by molar-refractivity contribution is 5.90. The van der Waals surface area contributed by atoms with Crippen molar-refractivity contribution in [3.63, 3.8) is 0 Å². The average molecular weight is 167 g/mol. The molecule has 4 heteroatoms. The fraction of sp³-hybridized carbons (Fsp3) is 0.714. The highest BCUT2D eigenvalue weighted by atomic mass is 19.4. The summed E-state index contributed by atoms with van der Waals surface area (Å²) in [6.07, 6.45) is -5.66. The van der Waals surface area contributed by atoms with Gasteiger partial charge in [-0.25, -0.2) is 0 Å². The maximum Gasteiger partial charge on any atom is 0.389 e. The van der Waals surface area contributed by atoms with Crippen molar-refractivity contribution in [2.45, 2.75) is 32.9 Å². The van der Waals surface area contributed by atoms with E-state index in [1.165, 1.54) is 13.8 Å². The molecule has 0 bridgehead atoms. The standard InChI is InChI=1S/C7H10F3O/c1-5(2)6(11)3-4-7(8,9)10/h3-4H2,1-2H3. The minimum absolute atomic E-state index is 0.415. The SMILES string of the molecule is C[C](C)C(=O)CCC(F)(F)F. The number of ketones is 1. The van der Waals surface area contributed by atoms with Gasteiger partial charge in [0.25, 0.3) is 0 Å². The third-order valence-electron chi connectivity index (χ3n) is 1.19. The third-order valence-corrected chi connectivity index (χ3v) is 1.19. The molecule has 0 spiro atoms. The molecule has 0 rings (SSSR count). The first-order valence-electron chi connectivity index (χ1n) is 3.23. The summed E-state index contributed by atoms with van der Waals surface area (Å²) in [5.74, 6) is 0.0107. The third kappa shape index (κ3) is 5.88. The van der Waals surface area contributed by atoms with Crippen LogP contribution in [0.4, 0.5) is 13.2 Å². The molecule has 0 aliphatic heterocycles. The lowest BCUT2D eigenvalue weighted by Crippen LogP contribution is -2.13. The molecule has 0 heterocycles. The number of hydrogen-bond acceptors (Lipinski definition) is 1. The molecule has 0 atom stereocenters. The fourth-order valence-corrected chi connectivity index (χ4v) is 0.505. The van der Waals surface area contributed by atoms with Crippen molar-refractivity contribution in [2.75, 3.05) is 0 Å². The number of hydrogen-bond donors (Lipinski definition) is 0. The molecule has 0 aliphatic carbocycles. The smallest absolute Gasteiger partial charge is 0.299 e. The lowest BCUT2D eigenvalue weighted by Gasteiger charge is -2.05. The van der Waals surface area contributed by atoms with Crippen LogP contribution in [0.2, 0.25) is 0 Å². The lowest BCUT2D eigenvalue weighted by molar-refractivity contribution is -0.142. The Morgan fingerprint density at radius 2 is 1.73 bits per heavy atom. The normalized spacial score (nSPS) is 12.2. The molecule has 1 radical (unpaired) electrons. The molecule has 0 aromatic rings. The molecule has 0 saturated carbocycles. The molecule has 0 unspecified atom stereocenters. The summed E-state index contributed by atoms with van der Waals surface area (Å²) in [6.45, 7) is 3.03. The van der Waals surface area contributed by atoms with Crippen LogP contribution in [-0.2, 0) is 4.79 Å². The summed E-state index contributed by atoms with van der Waals surface area (Å²) >= 11 is 0. The zero-order chi connectivity index (χ0) is 9.07. The number of halogens is 3. The van der Waals surface area contributed by atoms with Crippen molar-refractivity contribution in [3.8, 4) is 0 Å². The van der Waals surface area contributed by atoms with Gasteiger partial charge in [-0.3, -0.25) is 4.79 Å². The molecule has 1 nitrogen and oxygen atoms in total. The number of carbonyl (C=O) groups excluding carboxylic acids is 1. The van der Waals surface area contributed by atoms with Crippen molar-refractivity contribution in [1.29, 1.82) is 0 Å². The molecule has 0 aromatic carbocycles. The first-order chi connectivity index (χ1) is 4.83. The summed E-state index contributed by atoms with van der Waals surface area (Å²) in [5.41, 5.74) is 0. The van der Waals surface area contributed by atoms with E-state index in [1.54, 1.807) is 0 Å². The quantitative estimate of drug-likeness (QED) is 0.631. The van der Waals surface area contributed by atoms with Gasteiger partial charge < -0.3 is 0 Å². The van der Waals surface area contributed by atoms with Crippen molar-refractivity contribution in [3.05, 3.63) is 5.92 Å². The summed E-state index contributed by atoms with van der Waals surface area (Å²) in [4.78, 5) is 10.7. The second kappa shape index (κ2) is 3.74. The van der Waals surface area contributed by atoms with Crippen LogP contribution >= 0.6 is 0 Å². The molecule has 0 N–H and O–H groups in total. The van der Waals surface area contributed by atoms with Crippen LogP contribution < -0.4 is 0 Å². The van der Waals surface area contributed by atoms with E-state index in [-0.39, 0.29) is 0 Å². The van der Waals surface area contributed by atoms with Crippen molar-refractivity contribution < 1.29 is 18.0 Å². The summed E-state index contributed by atoms with van der Waals surface area (Å²) < 4.78 is 34.6. The molecule has 11 heavy (non-hydrogen) atoms. The van der Waals surface area contributed by atoms with Crippen molar-refractivity contribution in [2.24, 2.45) is 0 Å². The van der Waals surface area contributed by atoms with E-state index in [9.17, 15) is 18.0 Å². The van der Waals surface area contributed by atoms with Gasteiger partial charge in [0.15, 0.2) is 0 Å². The van der Waals surface area contributed by atoms with E-state index in [0.29, 0.717) is 5.92 Å². The molecule has 0 aliphatic rings. The Hall–Kier alpha value is -0.540. The van der Waals surface area contributed by atoms with Gasteiger partial charge in [0.2, 0.25) is 0 Å². The molecule has 0 fully saturated rings. The van der Waals surface area contributed by atoms with E-state index in [2.05, 4.69) is 0 Å². The van der Waals surface area contributed by atoms with Crippen molar-refractivity contribution >= 4 is 5.78 Å². The highest BCUT2D eigenvalue weighted by Gasteiger charge is 2.28. The fourth-order valence-electron chi connectivity index (χ4n) is 0.505. The first kappa shape index (κ1) is 10.5. The lowest BCUT2D eigenvalue weighted by atomic mass is 10.0. The van der Waals surface area contributed by atoms with Gasteiger partial charge >= 0.3 is 6.18 Å². The van der Waals surface area contributed by atoms with E-state index < -0.39 is 24.8 Å². The Bertz CT molecular complexity index is 137. The van der Waals surface area contributed by atoms with Gasteiger partial charge in [-0.15, -0.1) is 0 Å². The predicted octanol–water partition coefficient (Wildman–Crippen LogP) is 2.51. The number of rotatable bonds is 3. The second-order valence-corrected chi connectivity index (χ2v) is 2.54. The summed E-state index contributed by atoms with van der Waals surface area (Å²) in [7, 11) is 0. The Labute approximate surface area is 63.6 Å². The molecule has 0 saturated heterocycles. The van der Waals surface area contributed by atoms with Crippen LogP contribution in [0.15, 0.2) is 0 Å². The van der Waals surface area contributed by atoms with Gasteiger partial charge in [0, 0.05) is 12.3 Å².